The Labute approximate surface area is 138 Å². The molecule has 22 heavy (non-hydrogen) atoms. The van der Waals surface area contributed by atoms with Crippen molar-refractivity contribution in [2.24, 2.45) is 5.73 Å². The number of nitrogens with zero attached hydrogens (tertiary/aromatic N) is 1. The average molecular weight is 324 g/mol. The molecular weight excluding hydrogens is 298 g/mol. The van der Waals surface area contributed by atoms with Crippen LogP contribution in [0.15, 0.2) is 18.2 Å². The SMILES string of the molecule is Cl.NC(=O)c1cccc2c1CNC2CCCN1CCCCC1. The van der Waals surface area contributed by atoms with E-state index in [1.54, 1.807) is 0 Å². The molecule has 1 amide bonds. The van der Waals surface area contributed by atoms with Crippen LogP contribution in [0, 0.1) is 0 Å². The van der Waals surface area contributed by atoms with Crippen molar-refractivity contribution < 1.29 is 4.79 Å². The lowest BCUT2D eigenvalue weighted by atomic mass is 9.97. The molecule has 1 fully saturated rings. The maximum absolute atomic E-state index is 11.5. The third kappa shape index (κ3) is 3.80. The minimum atomic E-state index is -0.317. The Kier molecular flexibility index (Phi) is 6.24. The van der Waals surface area contributed by atoms with Gasteiger partial charge in [0.1, 0.15) is 0 Å². The first-order valence-corrected chi connectivity index (χ1v) is 8.13. The molecule has 0 bridgehead atoms. The van der Waals surface area contributed by atoms with Crippen molar-refractivity contribution >= 4 is 18.3 Å². The van der Waals surface area contributed by atoms with Gasteiger partial charge in [0.2, 0.25) is 5.91 Å². The van der Waals surface area contributed by atoms with Gasteiger partial charge in [-0.1, -0.05) is 18.6 Å². The first kappa shape index (κ1) is 17.3. The fourth-order valence-corrected chi connectivity index (χ4v) is 3.65. The maximum Gasteiger partial charge on any atom is 0.249 e. The third-order valence-corrected chi connectivity index (χ3v) is 4.79. The molecule has 1 atom stereocenters. The van der Waals surface area contributed by atoms with Crippen LogP contribution in [-0.2, 0) is 6.54 Å². The summed E-state index contributed by atoms with van der Waals surface area (Å²) in [6.45, 7) is 4.49. The monoisotopic (exact) mass is 323 g/mol. The minimum absolute atomic E-state index is 0. The lowest BCUT2D eigenvalue weighted by molar-refractivity contribution is 0.0999. The fourth-order valence-electron chi connectivity index (χ4n) is 3.65. The van der Waals surface area contributed by atoms with Crippen LogP contribution >= 0.6 is 12.4 Å². The van der Waals surface area contributed by atoms with E-state index < -0.39 is 0 Å². The Morgan fingerprint density at radius 2 is 2.05 bits per heavy atom. The molecule has 3 N–H and O–H groups in total. The van der Waals surface area contributed by atoms with E-state index in [1.807, 2.05) is 12.1 Å². The van der Waals surface area contributed by atoms with Gasteiger partial charge in [0, 0.05) is 18.2 Å². The molecule has 1 aromatic rings. The zero-order valence-corrected chi connectivity index (χ0v) is 13.8. The molecule has 0 aliphatic carbocycles. The van der Waals surface area contributed by atoms with Crippen LogP contribution in [-0.4, -0.2) is 30.4 Å². The Bertz CT molecular complexity index is 515. The second-order valence-electron chi connectivity index (χ2n) is 6.22. The number of nitrogens with one attached hydrogen (secondary N) is 1. The molecule has 2 aliphatic rings. The number of halogens is 1. The molecule has 2 aliphatic heterocycles. The molecule has 0 spiro atoms. The van der Waals surface area contributed by atoms with Gasteiger partial charge in [-0.25, -0.2) is 0 Å². The Balaban J connectivity index is 0.00000176. The van der Waals surface area contributed by atoms with Gasteiger partial charge in [-0.15, -0.1) is 12.4 Å². The normalized spacial score (nSPS) is 21.2. The van der Waals surface area contributed by atoms with Gasteiger partial charge in [0.15, 0.2) is 0 Å². The van der Waals surface area contributed by atoms with E-state index in [4.69, 9.17) is 5.73 Å². The van der Waals surface area contributed by atoms with Gasteiger partial charge in [0.25, 0.3) is 0 Å². The molecular formula is C17H26ClN3O. The lowest BCUT2D eigenvalue weighted by Crippen LogP contribution is -2.31. The van der Waals surface area contributed by atoms with Crippen molar-refractivity contribution in [3.63, 3.8) is 0 Å². The predicted octanol–water partition coefficient (Wildman–Crippen LogP) is 2.62. The fraction of sp³-hybridized carbons (Fsp3) is 0.588. The van der Waals surface area contributed by atoms with Gasteiger partial charge in [-0.05, 0) is 62.5 Å². The van der Waals surface area contributed by atoms with E-state index in [-0.39, 0.29) is 18.3 Å². The largest absolute Gasteiger partial charge is 0.366 e. The van der Waals surface area contributed by atoms with E-state index in [9.17, 15) is 4.79 Å². The van der Waals surface area contributed by atoms with Crippen LogP contribution in [0.25, 0.3) is 0 Å². The van der Waals surface area contributed by atoms with E-state index >= 15 is 0 Å². The number of rotatable bonds is 5. The summed E-state index contributed by atoms with van der Waals surface area (Å²) in [7, 11) is 0. The summed E-state index contributed by atoms with van der Waals surface area (Å²) in [6.07, 6.45) is 6.44. The van der Waals surface area contributed by atoms with Crippen LogP contribution in [0.1, 0.15) is 59.6 Å². The smallest absolute Gasteiger partial charge is 0.249 e. The summed E-state index contributed by atoms with van der Waals surface area (Å²) in [6, 6.07) is 6.29. The molecule has 0 radical (unpaired) electrons. The number of primary amides is 1. The number of nitrogens with two attached hydrogens (primary N) is 1. The lowest BCUT2D eigenvalue weighted by Gasteiger charge is -2.26. The highest BCUT2D eigenvalue weighted by atomic mass is 35.5. The van der Waals surface area contributed by atoms with Crippen LogP contribution in [0.2, 0.25) is 0 Å². The van der Waals surface area contributed by atoms with E-state index in [0.717, 1.165) is 18.5 Å². The minimum Gasteiger partial charge on any atom is -0.366 e. The summed E-state index contributed by atoms with van der Waals surface area (Å²) in [5.41, 5.74) is 8.51. The van der Waals surface area contributed by atoms with E-state index in [0.29, 0.717) is 11.6 Å². The number of hydrogen-bond acceptors (Lipinski definition) is 3. The molecule has 1 aromatic carbocycles. The maximum atomic E-state index is 11.5. The van der Waals surface area contributed by atoms with Gasteiger partial charge in [-0.3, -0.25) is 4.79 Å². The zero-order chi connectivity index (χ0) is 14.7. The zero-order valence-electron chi connectivity index (χ0n) is 13.0. The number of fused-ring (bicyclic) bond motifs is 1. The first-order chi connectivity index (χ1) is 10.3. The van der Waals surface area contributed by atoms with E-state index in [2.05, 4.69) is 16.3 Å². The Morgan fingerprint density at radius 1 is 1.27 bits per heavy atom. The van der Waals surface area contributed by atoms with Crippen molar-refractivity contribution in [3.05, 3.63) is 34.9 Å². The second kappa shape index (κ2) is 7.95. The van der Waals surface area contributed by atoms with Crippen LogP contribution < -0.4 is 11.1 Å². The van der Waals surface area contributed by atoms with Crippen molar-refractivity contribution in [1.82, 2.24) is 10.2 Å². The summed E-state index contributed by atoms with van der Waals surface area (Å²) in [5, 5.41) is 3.53. The molecule has 1 unspecified atom stereocenters. The van der Waals surface area contributed by atoms with Crippen LogP contribution in [0.5, 0.6) is 0 Å². The Morgan fingerprint density at radius 3 is 2.77 bits per heavy atom. The molecule has 3 rings (SSSR count). The number of piperidine rings is 1. The van der Waals surface area contributed by atoms with Gasteiger partial charge >= 0.3 is 0 Å². The summed E-state index contributed by atoms with van der Waals surface area (Å²) < 4.78 is 0. The summed E-state index contributed by atoms with van der Waals surface area (Å²) in [4.78, 5) is 14.1. The topological polar surface area (TPSA) is 58.4 Å². The quantitative estimate of drug-likeness (QED) is 0.875. The van der Waals surface area contributed by atoms with Crippen molar-refractivity contribution in [2.45, 2.75) is 44.7 Å². The molecule has 2 heterocycles. The molecule has 4 nitrogen and oxygen atoms in total. The standard InChI is InChI=1S/C17H25N3O.ClH/c18-17(21)14-7-4-6-13-15(14)12-19-16(13)8-5-11-20-9-2-1-3-10-20;/h4,6-7,16,19H,1-3,5,8-12H2,(H2,18,21);1H. The first-order valence-electron chi connectivity index (χ1n) is 8.13. The number of likely N-dealkylation sites (tertiary alicyclic amines) is 1. The van der Waals surface area contributed by atoms with Gasteiger partial charge in [-0.2, -0.15) is 0 Å². The number of hydrogen-bond donors (Lipinski definition) is 2. The van der Waals surface area contributed by atoms with Crippen LogP contribution in [0.3, 0.4) is 0 Å². The number of carbonyl (C=O) groups is 1. The van der Waals surface area contributed by atoms with Crippen LogP contribution in [0.4, 0.5) is 0 Å². The van der Waals surface area contributed by atoms with Gasteiger partial charge in [0.05, 0.1) is 0 Å². The Hall–Kier alpha value is -1.10. The van der Waals surface area contributed by atoms with E-state index in [1.165, 1.54) is 50.9 Å². The number of amides is 1. The second-order valence-corrected chi connectivity index (χ2v) is 6.22. The number of carbonyl (C=O) groups excluding carboxylic acids is 1. The summed E-state index contributed by atoms with van der Waals surface area (Å²) in [5.74, 6) is -0.317. The highest BCUT2D eigenvalue weighted by Crippen LogP contribution is 2.31. The molecule has 122 valence electrons. The molecule has 1 saturated heterocycles. The third-order valence-electron chi connectivity index (χ3n) is 4.79. The predicted molar refractivity (Wildman–Crippen MR) is 91.3 cm³/mol. The molecule has 0 aromatic heterocycles. The van der Waals surface area contributed by atoms with Crippen molar-refractivity contribution in [1.29, 1.82) is 0 Å². The highest BCUT2D eigenvalue weighted by Gasteiger charge is 2.25. The highest BCUT2D eigenvalue weighted by molar-refractivity contribution is 5.94. The van der Waals surface area contributed by atoms with Crippen molar-refractivity contribution in [3.8, 4) is 0 Å². The van der Waals surface area contributed by atoms with Crippen molar-refractivity contribution in [2.75, 3.05) is 19.6 Å². The van der Waals surface area contributed by atoms with Gasteiger partial charge < -0.3 is 16.0 Å². The summed E-state index contributed by atoms with van der Waals surface area (Å²) >= 11 is 0. The average Bonchev–Trinajstić information content (AvgIpc) is 2.91. The molecule has 5 heteroatoms. The number of benzene rings is 1. The molecule has 0 saturated carbocycles.